The molecule has 2 aliphatic heterocycles. The molecule has 4 aromatic rings. The normalized spacial score (nSPS) is 19.1. The predicted molar refractivity (Wildman–Crippen MR) is 137 cm³/mol. The first-order chi connectivity index (χ1) is 16.1. The van der Waals surface area contributed by atoms with Crippen LogP contribution in [0.3, 0.4) is 0 Å². The van der Waals surface area contributed by atoms with E-state index in [-0.39, 0.29) is 0 Å². The molecule has 4 nitrogen and oxygen atoms in total. The van der Waals surface area contributed by atoms with Crippen molar-refractivity contribution in [2.24, 2.45) is 5.73 Å². The molecule has 1 unspecified atom stereocenters. The van der Waals surface area contributed by atoms with Crippen LogP contribution < -0.4 is 15.5 Å². The first-order valence-corrected chi connectivity index (χ1v) is 11.1. The Balaban J connectivity index is 1.64. The maximum absolute atomic E-state index is 9.21. The number of para-hydroxylation sites is 3. The van der Waals surface area contributed by atoms with Gasteiger partial charge in [-0.1, -0.05) is 66.7 Å². The molecule has 0 saturated heterocycles. The molecule has 0 aliphatic carbocycles. The Morgan fingerprint density at radius 3 is 2.09 bits per heavy atom. The quantitative estimate of drug-likeness (QED) is 0.390. The van der Waals surface area contributed by atoms with Gasteiger partial charge in [0.2, 0.25) is 0 Å². The minimum absolute atomic E-state index is 0.415. The summed E-state index contributed by atoms with van der Waals surface area (Å²) in [5, 5.41) is 9.21. The molecular formula is C29H24N4. The second-order valence-corrected chi connectivity index (χ2v) is 8.50. The molecule has 0 bridgehead atoms. The number of anilines is 4. The van der Waals surface area contributed by atoms with Crippen molar-refractivity contribution in [2.75, 3.05) is 9.80 Å². The Bertz CT molecular complexity index is 1420. The fourth-order valence-electron chi connectivity index (χ4n) is 5.04. The highest BCUT2D eigenvalue weighted by Gasteiger charge is 2.40. The molecule has 6 rings (SSSR count). The number of hydrogen-bond donors (Lipinski definition) is 2. The predicted octanol–water partition coefficient (Wildman–Crippen LogP) is 6.36. The van der Waals surface area contributed by atoms with Crippen LogP contribution in [0.1, 0.15) is 16.7 Å². The average molecular weight is 429 g/mol. The lowest BCUT2D eigenvalue weighted by molar-refractivity contribution is 0.868. The number of nitrogens with one attached hydrogen (secondary N) is 1. The van der Waals surface area contributed by atoms with E-state index in [9.17, 15) is 5.41 Å². The summed E-state index contributed by atoms with van der Waals surface area (Å²) in [6.45, 7) is 2.09. The van der Waals surface area contributed by atoms with E-state index in [1.807, 2.05) is 48.5 Å². The van der Waals surface area contributed by atoms with E-state index >= 15 is 0 Å². The van der Waals surface area contributed by atoms with E-state index in [0.29, 0.717) is 5.71 Å². The maximum Gasteiger partial charge on any atom is 0.111 e. The van der Waals surface area contributed by atoms with Gasteiger partial charge in [0, 0.05) is 28.1 Å². The standard InChI is InChI=1S/C29H24N4/c1-19-10-9-13-21(18-19)32-25-17-8-6-15-23(25)27(30)28(32)26-22-14-5-7-16-24(22)33(29(26)31)20-11-3-2-4-12-20/h2-18,29-30H,31H2,1H3/b28-26+,30-27?. The smallest absolute Gasteiger partial charge is 0.111 e. The third-order valence-electron chi connectivity index (χ3n) is 6.45. The average Bonchev–Trinajstić information content (AvgIpc) is 3.30. The summed E-state index contributed by atoms with van der Waals surface area (Å²) in [6.07, 6.45) is -0.415. The Labute approximate surface area is 193 Å². The van der Waals surface area contributed by atoms with E-state index in [2.05, 4.69) is 71.3 Å². The van der Waals surface area contributed by atoms with Crippen LogP contribution in [0, 0.1) is 12.3 Å². The summed E-state index contributed by atoms with van der Waals surface area (Å²) < 4.78 is 0. The van der Waals surface area contributed by atoms with Crippen LogP contribution in [0.25, 0.3) is 5.57 Å². The zero-order valence-electron chi connectivity index (χ0n) is 18.4. The number of fused-ring (bicyclic) bond motifs is 2. The third kappa shape index (κ3) is 2.92. The fourth-order valence-corrected chi connectivity index (χ4v) is 5.04. The highest BCUT2D eigenvalue weighted by Crippen LogP contribution is 2.49. The summed E-state index contributed by atoms with van der Waals surface area (Å²) in [5.74, 6) is 0. The number of hydrogen-bond acceptors (Lipinski definition) is 4. The van der Waals surface area contributed by atoms with Crippen molar-refractivity contribution in [1.82, 2.24) is 0 Å². The van der Waals surface area contributed by atoms with Gasteiger partial charge in [-0.25, -0.2) is 0 Å². The minimum Gasteiger partial charge on any atom is -0.321 e. The molecule has 160 valence electrons. The molecule has 2 aliphatic rings. The van der Waals surface area contributed by atoms with E-state index in [4.69, 9.17) is 5.73 Å². The molecular weight excluding hydrogens is 404 g/mol. The summed E-state index contributed by atoms with van der Waals surface area (Å²) in [6, 6.07) is 35.1. The van der Waals surface area contributed by atoms with Gasteiger partial charge in [0.25, 0.3) is 0 Å². The zero-order chi connectivity index (χ0) is 22.5. The summed E-state index contributed by atoms with van der Waals surface area (Å²) in [5.41, 5.74) is 16.6. The lowest BCUT2D eigenvalue weighted by atomic mass is 10.00. The molecule has 0 radical (unpaired) electrons. The van der Waals surface area contributed by atoms with Gasteiger partial charge < -0.3 is 15.5 Å². The van der Waals surface area contributed by atoms with E-state index in [0.717, 1.165) is 45.1 Å². The lowest BCUT2D eigenvalue weighted by Crippen LogP contribution is -2.36. The van der Waals surface area contributed by atoms with Crippen LogP contribution in [0.4, 0.5) is 22.7 Å². The number of aryl methyl sites for hydroxylation is 1. The second kappa shape index (κ2) is 7.47. The number of nitrogens with zero attached hydrogens (tertiary/aromatic N) is 2. The summed E-state index contributed by atoms with van der Waals surface area (Å²) >= 11 is 0. The van der Waals surface area contributed by atoms with Crippen molar-refractivity contribution < 1.29 is 0 Å². The van der Waals surface area contributed by atoms with E-state index < -0.39 is 6.17 Å². The highest BCUT2D eigenvalue weighted by molar-refractivity contribution is 6.26. The molecule has 0 aromatic heterocycles. The summed E-state index contributed by atoms with van der Waals surface area (Å²) in [7, 11) is 0. The van der Waals surface area contributed by atoms with Gasteiger partial charge in [0.1, 0.15) is 6.17 Å². The Kier molecular flexibility index (Phi) is 4.42. The van der Waals surface area contributed by atoms with E-state index in [1.165, 1.54) is 5.56 Å². The zero-order valence-corrected chi connectivity index (χ0v) is 18.4. The van der Waals surface area contributed by atoms with Gasteiger partial charge in [0.05, 0.1) is 22.8 Å². The van der Waals surface area contributed by atoms with Gasteiger partial charge in [0.15, 0.2) is 0 Å². The first-order valence-electron chi connectivity index (χ1n) is 11.1. The van der Waals surface area contributed by atoms with Crippen molar-refractivity contribution in [1.29, 1.82) is 5.41 Å². The van der Waals surface area contributed by atoms with Crippen molar-refractivity contribution in [3.05, 3.63) is 126 Å². The van der Waals surface area contributed by atoms with Crippen LogP contribution in [0.2, 0.25) is 0 Å². The van der Waals surface area contributed by atoms with Crippen LogP contribution in [0.15, 0.2) is 109 Å². The molecule has 2 heterocycles. The van der Waals surface area contributed by atoms with Gasteiger partial charge in [-0.3, -0.25) is 5.41 Å². The van der Waals surface area contributed by atoms with Crippen molar-refractivity contribution >= 4 is 34.0 Å². The number of allylic oxidation sites excluding steroid dienone is 1. The van der Waals surface area contributed by atoms with Crippen LogP contribution in [-0.4, -0.2) is 11.9 Å². The SMILES string of the molecule is Cc1cccc(N2/C(=C3\c4ccccc4N(c4ccccc4)C3N)C(=N)c3ccccc32)c1. The molecule has 4 aromatic carbocycles. The van der Waals surface area contributed by atoms with Gasteiger partial charge in [-0.15, -0.1) is 0 Å². The molecule has 0 saturated carbocycles. The molecule has 33 heavy (non-hydrogen) atoms. The van der Waals surface area contributed by atoms with Crippen molar-refractivity contribution in [3.8, 4) is 0 Å². The van der Waals surface area contributed by atoms with E-state index in [1.54, 1.807) is 0 Å². The minimum atomic E-state index is -0.415. The molecule has 4 heteroatoms. The second-order valence-electron chi connectivity index (χ2n) is 8.50. The van der Waals surface area contributed by atoms with Gasteiger partial charge >= 0.3 is 0 Å². The number of benzene rings is 4. The topological polar surface area (TPSA) is 56.4 Å². The van der Waals surface area contributed by atoms with Crippen molar-refractivity contribution in [3.63, 3.8) is 0 Å². The Hall–Kier alpha value is -4.15. The van der Waals surface area contributed by atoms with Gasteiger partial charge in [-0.2, -0.15) is 0 Å². The number of nitrogens with two attached hydrogens (primary N) is 1. The fraction of sp³-hybridized carbons (Fsp3) is 0.0690. The van der Waals surface area contributed by atoms with Crippen molar-refractivity contribution in [2.45, 2.75) is 13.1 Å². The molecule has 0 fully saturated rings. The Morgan fingerprint density at radius 1 is 0.697 bits per heavy atom. The first kappa shape index (κ1) is 19.5. The largest absolute Gasteiger partial charge is 0.321 e. The van der Waals surface area contributed by atoms with Crippen LogP contribution in [0.5, 0.6) is 0 Å². The molecule has 1 atom stereocenters. The molecule has 0 amide bonds. The third-order valence-corrected chi connectivity index (χ3v) is 6.45. The van der Waals surface area contributed by atoms with Crippen LogP contribution >= 0.6 is 0 Å². The van der Waals surface area contributed by atoms with Gasteiger partial charge in [-0.05, 0) is 48.9 Å². The highest BCUT2D eigenvalue weighted by atomic mass is 15.3. The monoisotopic (exact) mass is 428 g/mol. The Morgan fingerprint density at radius 2 is 1.33 bits per heavy atom. The molecule has 3 N–H and O–H groups in total. The summed E-state index contributed by atoms with van der Waals surface area (Å²) in [4.78, 5) is 4.37. The lowest BCUT2D eigenvalue weighted by Gasteiger charge is -2.28. The molecule has 0 spiro atoms. The maximum atomic E-state index is 9.21. The van der Waals surface area contributed by atoms with Crippen LogP contribution in [-0.2, 0) is 0 Å². The number of rotatable bonds is 2.